The second-order valence-corrected chi connectivity index (χ2v) is 14.7. The first-order valence-electron chi connectivity index (χ1n) is 5.58. The minimum absolute atomic E-state index is 0.221. The molecule has 0 aliphatic heterocycles. The van der Waals surface area contributed by atoms with Crippen molar-refractivity contribution >= 4 is 13.9 Å². The molecule has 0 aromatic heterocycles. The van der Waals surface area contributed by atoms with Crippen LogP contribution in [0.15, 0.2) is 0 Å². The van der Waals surface area contributed by atoms with Crippen LogP contribution >= 0.6 is 0 Å². The van der Waals surface area contributed by atoms with Crippen LogP contribution in [0.2, 0.25) is 9.00 Å². The average Bonchev–Trinajstić information content (AvgIpc) is 2.58. The van der Waals surface area contributed by atoms with Gasteiger partial charge >= 0.3 is 91.1 Å². The van der Waals surface area contributed by atoms with E-state index in [9.17, 15) is 0 Å². The monoisotopic (exact) mass is 262 g/mol. The van der Waals surface area contributed by atoms with Crippen LogP contribution in [0.3, 0.4) is 0 Å². The Kier molecular flexibility index (Phi) is 4.06. The molecule has 0 amide bonds. The van der Waals surface area contributed by atoms with Crippen molar-refractivity contribution in [2.45, 2.75) is 55.5 Å². The maximum absolute atomic E-state index is 5.90. The van der Waals surface area contributed by atoms with E-state index in [-0.39, 0.29) is 4.25 Å². The normalized spacial score (nSPS) is 20.4. The zero-order valence-electron chi connectivity index (χ0n) is 10.2. The third kappa shape index (κ3) is 2.02. The molecule has 2 nitrogen and oxygen atoms in total. The SMILES string of the molecule is C[O][Ge]([O]C)([CH]1CCCC1)[C](C)(C)C. The van der Waals surface area contributed by atoms with Crippen LogP contribution in [0.4, 0.5) is 0 Å². The van der Waals surface area contributed by atoms with Crippen LogP contribution in [-0.4, -0.2) is 28.2 Å². The zero-order valence-corrected chi connectivity index (χ0v) is 12.3. The molecular weight excluding hydrogens is 237 g/mol. The first-order chi connectivity index (χ1) is 6.48. The van der Waals surface area contributed by atoms with Gasteiger partial charge in [0.2, 0.25) is 0 Å². The van der Waals surface area contributed by atoms with Crippen LogP contribution < -0.4 is 0 Å². The van der Waals surface area contributed by atoms with Gasteiger partial charge in [-0.15, -0.1) is 0 Å². The molecule has 0 spiro atoms. The molecule has 14 heavy (non-hydrogen) atoms. The molecule has 0 bridgehead atoms. The summed E-state index contributed by atoms with van der Waals surface area (Å²) in [5.74, 6) is 0. The van der Waals surface area contributed by atoms with E-state index < -0.39 is 13.9 Å². The fraction of sp³-hybridized carbons (Fsp3) is 1.00. The van der Waals surface area contributed by atoms with Gasteiger partial charge in [-0.25, -0.2) is 0 Å². The van der Waals surface area contributed by atoms with Crippen LogP contribution in [-0.2, 0) is 7.53 Å². The van der Waals surface area contributed by atoms with E-state index in [2.05, 4.69) is 20.8 Å². The van der Waals surface area contributed by atoms with Gasteiger partial charge < -0.3 is 0 Å². The van der Waals surface area contributed by atoms with Crippen molar-refractivity contribution in [3.63, 3.8) is 0 Å². The fourth-order valence-electron chi connectivity index (χ4n) is 2.95. The summed E-state index contributed by atoms with van der Waals surface area (Å²) in [6.07, 6.45) is 5.36. The van der Waals surface area contributed by atoms with E-state index in [0.29, 0.717) is 0 Å². The van der Waals surface area contributed by atoms with E-state index in [4.69, 9.17) is 7.53 Å². The van der Waals surface area contributed by atoms with Crippen LogP contribution in [0.1, 0.15) is 46.5 Å². The Balaban J connectivity index is 2.89. The molecule has 0 saturated heterocycles. The topological polar surface area (TPSA) is 18.5 Å². The number of hydrogen-bond acceptors (Lipinski definition) is 2. The van der Waals surface area contributed by atoms with E-state index in [1.54, 1.807) is 0 Å². The first kappa shape index (κ1) is 12.5. The van der Waals surface area contributed by atoms with Crippen LogP contribution in [0, 0.1) is 0 Å². The second-order valence-electron chi connectivity index (χ2n) is 5.31. The Morgan fingerprint density at radius 3 is 1.71 bits per heavy atom. The third-order valence-electron chi connectivity index (χ3n) is 3.54. The first-order valence-corrected chi connectivity index (χ1v) is 9.55. The zero-order chi connectivity index (χ0) is 10.8. The van der Waals surface area contributed by atoms with Crippen molar-refractivity contribution in [2.75, 3.05) is 14.2 Å². The standard InChI is InChI=1S/C11H24GeO2/c1-11(2,3)12(13-4,14-5)10-8-6-7-9-10/h10H,6-9H2,1-5H3. The van der Waals surface area contributed by atoms with Crippen LogP contribution in [0.5, 0.6) is 0 Å². The summed E-state index contributed by atoms with van der Waals surface area (Å²) in [7, 11) is 3.71. The molecule has 0 N–H and O–H groups in total. The van der Waals surface area contributed by atoms with Crippen molar-refractivity contribution in [3.05, 3.63) is 0 Å². The molecule has 0 unspecified atom stereocenters. The molecule has 1 fully saturated rings. The Hall–Kier alpha value is 0.463. The van der Waals surface area contributed by atoms with Crippen molar-refractivity contribution in [2.24, 2.45) is 0 Å². The molecular formula is C11H24GeO2. The molecule has 0 aromatic carbocycles. The predicted octanol–water partition coefficient (Wildman–Crippen LogP) is 3.47. The summed E-state index contributed by atoms with van der Waals surface area (Å²) in [5, 5.41) is 0. The summed E-state index contributed by atoms with van der Waals surface area (Å²) in [6.45, 7) is 6.83. The fourth-order valence-corrected chi connectivity index (χ4v) is 12.3. The summed E-state index contributed by atoms with van der Waals surface area (Å²) in [4.78, 5) is 0. The van der Waals surface area contributed by atoms with Gasteiger partial charge in [-0.05, 0) is 0 Å². The summed E-state index contributed by atoms with van der Waals surface area (Å²) < 4.78 is 12.8. The molecule has 0 aromatic rings. The molecule has 1 aliphatic rings. The van der Waals surface area contributed by atoms with Gasteiger partial charge in [0.05, 0.1) is 0 Å². The molecule has 1 aliphatic carbocycles. The molecule has 0 atom stereocenters. The maximum atomic E-state index is 5.90. The molecule has 0 radical (unpaired) electrons. The van der Waals surface area contributed by atoms with Gasteiger partial charge in [0.1, 0.15) is 0 Å². The summed E-state index contributed by atoms with van der Waals surface area (Å²) in [5.41, 5.74) is 0. The van der Waals surface area contributed by atoms with Gasteiger partial charge in [-0.1, -0.05) is 0 Å². The number of rotatable bonds is 3. The van der Waals surface area contributed by atoms with E-state index >= 15 is 0 Å². The van der Waals surface area contributed by atoms with Crippen molar-refractivity contribution in [1.29, 1.82) is 0 Å². The van der Waals surface area contributed by atoms with Crippen molar-refractivity contribution in [1.82, 2.24) is 0 Å². The minimum atomic E-state index is -2.58. The van der Waals surface area contributed by atoms with Gasteiger partial charge in [-0.3, -0.25) is 0 Å². The average molecular weight is 261 g/mol. The molecule has 0 heterocycles. The Morgan fingerprint density at radius 2 is 1.43 bits per heavy atom. The quantitative estimate of drug-likeness (QED) is 0.724. The third-order valence-corrected chi connectivity index (χ3v) is 13.9. The molecule has 84 valence electrons. The molecule has 1 saturated carbocycles. The summed E-state index contributed by atoms with van der Waals surface area (Å²) in [6, 6.07) is 0. The van der Waals surface area contributed by atoms with E-state index in [1.807, 2.05) is 14.2 Å². The predicted molar refractivity (Wildman–Crippen MR) is 61.7 cm³/mol. The second kappa shape index (κ2) is 4.54. The summed E-state index contributed by atoms with van der Waals surface area (Å²) >= 11 is -2.58. The van der Waals surface area contributed by atoms with Gasteiger partial charge in [0, 0.05) is 0 Å². The van der Waals surface area contributed by atoms with Gasteiger partial charge in [0.25, 0.3) is 0 Å². The van der Waals surface area contributed by atoms with Crippen LogP contribution in [0.25, 0.3) is 0 Å². The van der Waals surface area contributed by atoms with Crippen molar-refractivity contribution < 1.29 is 7.53 Å². The van der Waals surface area contributed by atoms with Gasteiger partial charge in [0.15, 0.2) is 0 Å². The Morgan fingerprint density at radius 1 is 1.00 bits per heavy atom. The van der Waals surface area contributed by atoms with Gasteiger partial charge in [-0.2, -0.15) is 0 Å². The Bertz CT molecular complexity index is 176. The molecule has 3 heteroatoms. The van der Waals surface area contributed by atoms with E-state index in [0.717, 1.165) is 4.75 Å². The molecule has 1 rings (SSSR count). The number of hydrogen-bond donors (Lipinski definition) is 0. The van der Waals surface area contributed by atoms with E-state index in [1.165, 1.54) is 25.7 Å². The Labute approximate surface area is 91.4 Å². The van der Waals surface area contributed by atoms with Crippen molar-refractivity contribution in [3.8, 4) is 0 Å².